The summed E-state index contributed by atoms with van der Waals surface area (Å²) >= 11 is 1.98. The normalized spacial score (nSPS) is 20.6. The number of allylic oxidation sites excluding steroid dienone is 1. The number of thioether (sulfide) groups is 1. The molecule has 1 saturated carbocycles. The molecule has 0 spiro atoms. The van der Waals surface area contributed by atoms with Gasteiger partial charge in [0.05, 0.1) is 6.07 Å². The first kappa shape index (κ1) is 15.5. The third-order valence-corrected chi connectivity index (χ3v) is 5.48. The molecule has 0 aromatic heterocycles. The van der Waals surface area contributed by atoms with Gasteiger partial charge in [-0.25, -0.2) is 0 Å². The van der Waals surface area contributed by atoms with Crippen LogP contribution >= 0.6 is 11.8 Å². The van der Waals surface area contributed by atoms with Gasteiger partial charge in [-0.05, 0) is 47.9 Å². The summed E-state index contributed by atoms with van der Waals surface area (Å²) in [6.45, 7) is 11.7. The van der Waals surface area contributed by atoms with Crippen molar-refractivity contribution >= 4 is 11.8 Å². The molecule has 22 heavy (non-hydrogen) atoms. The molecule has 0 amide bonds. The van der Waals surface area contributed by atoms with E-state index in [1.165, 1.54) is 23.3 Å². The molecule has 1 aromatic rings. The van der Waals surface area contributed by atoms with Crippen molar-refractivity contribution in [2.75, 3.05) is 0 Å². The molecule has 1 aromatic carbocycles. The maximum absolute atomic E-state index is 9.62. The van der Waals surface area contributed by atoms with Crippen LogP contribution in [0.1, 0.15) is 57.2 Å². The second-order valence-electron chi connectivity index (χ2n) is 7.64. The van der Waals surface area contributed by atoms with Crippen molar-refractivity contribution in [2.24, 2.45) is 5.41 Å². The fourth-order valence-electron chi connectivity index (χ4n) is 3.03. The Kier molecular flexibility index (Phi) is 3.99. The van der Waals surface area contributed by atoms with Gasteiger partial charge in [0.15, 0.2) is 0 Å². The Morgan fingerprint density at radius 3 is 2.73 bits per heavy atom. The Hall–Kier alpha value is -1.40. The Bertz CT molecular complexity index is 632. The highest BCUT2D eigenvalue weighted by atomic mass is 32.2. The van der Waals surface area contributed by atoms with Crippen LogP contribution in [0.4, 0.5) is 0 Å². The van der Waals surface area contributed by atoms with E-state index in [1.807, 2.05) is 11.8 Å². The summed E-state index contributed by atoms with van der Waals surface area (Å²) in [4.78, 5) is 3.53. The molecule has 0 bridgehead atoms. The van der Waals surface area contributed by atoms with Crippen molar-refractivity contribution in [3.8, 4) is 6.07 Å². The highest BCUT2D eigenvalue weighted by molar-refractivity contribution is 8.00. The predicted octanol–water partition coefficient (Wildman–Crippen LogP) is 5.27. The van der Waals surface area contributed by atoms with E-state index in [9.17, 15) is 5.26 Å². The minimum atomic E-state index is -0.176. The lowest BCUT2D eigenvalue weighted by atomic mass is 9.90. The first-order valence-corrected chi connectivity index (χ1v) is 8.89. The van der Waals surface area contributed by atoms with Gasteiger partial charge in [-0.15, -0.1) is 11.8 Å². The SMILES string of the molecule is C=C(CC(C)(C)C)N1Cc2cc(SC3CC3)ccc2C1C#N. The zero-order valence-electron chi connectivity index (χ0n) is 13.7. The van der Waals surface area contributed by atoms with Crippen molar-refractivity contribution in [3.05, 3.63) is 41.6 Å². The first-order chi connectivity index (χ1) is 10.4. The van der Waals surface area contributed by atoms with Gasteiger partial charge in [-0.2, -0.15) is 5.26 Å². The lowest BCUT2D eigenvalue weighted by Gasteiger charge is -2.29. The Morgan fingerprint density at radius 1 is 1.41 bits per heavy atom. The average molecular weight is 312 g/mol. The second-order valence-corrected chi connectivity index (χ2v) is 9.01. The van der Waals surface area contributed by atoms with Gasteiger partial charge in [0.25, 0.3) is 0 Å². The lowest BCUT2D eigenvalue weighted by molar-refractivity contribution is 0.276. The van der Waals surface area contributed by atoms with Crippen molar-refractivity contribution < 1.29 is 0 Å². The molecular formula is C19H24N2S. The molecule has 3 heteroatoms. The van der Waals surface area contributed by atoms with Crippen LogP contribution in [0.15, 0.2) is 35.4 Å². The summed E-state index contributed by atoms with van der Waals surface area (Å²) in [5.74, 6) is 0. The van der Waals surface area contributed by atoms with Crippen LogP contribution in [0.5, 0.6) is 0 Å². The van der Waals surface area contributed by atoms with Crippen molar-refractivity contribution in [2.45, 2.75) is 62.8 Å². The molecule has 1 fully saturated rings. The van der Waals surface area contributed by atoms with E-state index in [1.54, 1.807) is 0 Å². The zero-order valence-corrected chi connectivity index (χ0v) is 14.5. The van der Waals surface area contributed by atoms with E-state index in [-0.39, 0.29) is 11.5 Å². The minimum absolute atomic E-state index is 0.176. The molecule has 1 heterocycles. The molecule has 1 atom stereocenters. The van der Waals surface area contributed by atoms with Crippen molar-refractivity contribution in [1.82, 2.24) is 4.90 Å². The van der Waals surface area contributed by atoms with Gasteiger partial charge in [0, 0.05) is 22.4 Å². The van der Waals surface area contributed by atoms with Gasteiger partial charge in [0.1, 0.15) is 6.04 Å². The fraction of sp³-hybridized carbons (Fsp3) is 0.526. The van der Waals surface area contributed by atoms with Gasteiger partial charge >= 0.3 is 0 Å². The number of benzene rings is 1. The number of hydrogen-bond acceptors (Lipinski definition) is 3. The highest BCUT2D eigenvalue weighted by Gasteiger charge is 2.32. The average Bonchev–Trinajstić information content (AvgIpc) is 3.15. The van der Waals surface area contributed by atoms with Crippen LogP contribution in [0.3, 0.4) is 0 Å². The molecule has 2 nitrogen and oxygen atoms in total. The van der Waals surface area contributed by atoms with Gasteiger partial charge in [-0.1, -0.05) is 33.4 Å². The number of hydrogen-bond donors (Lipinski definition) is 0. The Balaban J connectivity index is 1.80. The number of nitrogens with zero attached hydrogens (tertiary/aromatic N) is 2. The molecule has 1 unspecified atom stereocenters. The Labute approximate surface area is 138 Å². The molecule has 0 radical (unpaired) electrons. The molecular weight excluding hydrogens is 288 g/mol. The van der Waals surface area contributed by atoms with Crippen molar-refractivity contribution in [1.29, 1.82) is 5.26 Å². The van der Waals surface area contributed by atoms with E-state index in [2.05, 4.69) is 56.5 Å². The van der Waals surface area contributed by atoms with E-state index in [4.69, 9.17) is 0 Å². The zero-order chi connectivity index (χ0) is 15.9. The molecule has 1 aliphatic heterocycles. The highest BCUT2D eigenvalue weighted by Crippen LogP contribution is 2.43. The standard InChI is InChI=1S/C19H24N2S/c1-13(10-19(2,3)4)21-12-14-9-16(22-15-5-6-15)7-8-17(14)18(21)11-20/h7-9,15,18H,1,5-6,10,12H2,2-4H3. The second kappa shape index (κ2) is 5.66. The molecule has 3 rings (SSSR count). The molecule has 116 valence electrons. The fourth-order valence-corrected chi connectivity index (χ4v) is 4.14. The Morgan fingerprint density at radius 2 is 2.14 bits per heavy atom. The summed E-state index contributed by atoms with van der Waals surface area (Å²) in [7, 11) is 0. The topological polar surface area (TPSA) is 27.0 Å². The van der Waals surface area contributed by atoms with Crippen LogP contribution in [-0.2, 0) is 6.54 Å². The smallest absolute Gasteiger partial charge is 0.143 e. The quantitative estimate of drug-likeness (QED) is 0.757. The maximum atomic E-state index is 9.62. The van der Waals surface area contributed by atoms with Gasteiger partial charge in [-0.3, -0.25) is 0 Å². The summed E-state index contributed by atoms with van der Waals surface area (Å²) < 4.78 is 0. The molecule has 0 saturated heterocycles. The summed E-state index contributed by atoms with van der Waals surface area (Å²) in [5.41, 5.74) is 3.73. The van der Waals surface area contributed by atoms with Crippen LogP contribution < -0.4 is 0 Å². The third kappa shape index (κ3) is 3.33. The number of nitriles is 1. The minimum Gasteiger partial charge on any atom is -0.352 e. The van der Waals surface area contributed by atoms with E-state index in [0.29, 0.717) is 0 Å². The molecule has 1 aliphatic carbocycles. The first-order valence-electron chi connectivity index (χ1n) is 8.01. The summed E-state index contributed by atoms with van der Waals surface area (Å²) in [6, 6.07) is 8.91. The summed E-state index contributed by atoms with van der Waals surface area (Å²) in [5, 5.41) is 10.4. The summed E-state index contributed by atoms with van der Waals surface area (Å²) in [6.07, 6.45) is 3.61. The van der Waals surface area contributed by atoms with E-state index < -0.39 is 0 Å². The van der Waals surface area contributed by atoms with Crippen LogP contribution in [0, 0.1) is 16.7 Å². The van der Waals surface area contributed by atoms with Crippen molar-refractivity contribution in [3.63, 3.8) is 0 Å². The van der Waals surface area contributed by atoms with Crippen LogP contribution in [-0.4, -0.2) is 10.1 Å². The molecule has 0 N–H and O–H groups in total. The van der Waals surface area contributed by atoms with Gasteiger partial charge in [0.2, 0.25) is 0 Å². The third-order valence-electron chi connectivity index (χ3n) is 4.15. The van der Waals surface area contributed by atoms with Crippen LogP contribution in [0.25, 0.3) is 0 Å². The lowest BCUT2D eigenvalue weighted by Crippen LogP contribution is -2.23. The van der Waals surface area contributed by atoms with E-state index >= 15 is 0 Å². The monoisotopic (exact) mass is 312 g/mol. The van der Waals surface area contributed by atoms with Gasteiger partial charge < -0.3 is 4.90 Å². The maximum Gasteiger partial charge on any atom is 0.143 e. The molecule has 2 aliphatic rings. The van der Waals surface area contributed by atoms with E-state index in [0.717, 1.165) is 29.5 Å². The number of fused-ring (bicyclic) bond motifs is 1. The largest absolute Gasteiger partial charge is 0.352 e. The predicted molar refractivity (Wildman–Crippen MR) is 92.4 cm³/mol. The number of rotatable bonds is 4. The van der Waals surface area contributed by atoms with Crippen LogP contribution in [0.2, 0.25) is 0 Å².